The van der Waals surface area contributed by atoms with Crippen LogP contribution in [0.4, 0.5) is 0 Å². The lowest BCUT2D eigenvalue weighted by Crippen LogP contribution is -2.18. The van der Waals surface area contributed by atoms with Crippen LogP contribution >= 0.6 is 0 Å². The molecule has 2 rings (SSSR count). The molecule has 0 N–H and O–H groups in total. The molecular formula is C8H10O2. The van der Waals surface area contributed by atoms with Gasteiger partial charge in [-0.3, -0.25) is 4.79 Å². The molecule has 0 unspecified atom stereocenters. The van der Waals surface area contributed by atoms with Gasteiger partial charge in [0.15, 0.2) is 0 Å². The van der Waals surface area contributed by atoms with Crippen molar-refractivity contribution in [3.8, 4) is 0 Å². The minimum absolute atomic E-state index is 0.225. The van der Waals surface area contributed by atoms with Crippen LogP contribution in [0.2, 0.25) is 0 Å². The smallest absolute Gasteiger partial charge is 0.149 e. The van der Waals surface area contributed by atoms with Gasteiger partial charge in [0.05, 0.1) is 5.41 Å². The first-order valence-corrected chi connectivity index (χ1v) is 3.79. The van der Waals surface area contributed by atoms with Gasteiger partial charge in [-0.25, -0.2) is 0 Å². The Morgan fingerprint density at radius 3 is 2.30 bits per heavy atom. The molecule has 0 aromatic carbocycles. The lowest BCUT2D eigenvalue weighted by atomic mass is 10.00. The molecule has 2 aliphatic carbocycles. The van der Waals surface area contributed by atoms with E-state index >= 15 is 0 Å². The summed E-state index contributed by atoms with van der Waals surface area (Å²) in [6, 6.07) is 0. The van der Waals surface area contributed by atoms with Crippen LogP contribution < -0.4 is 0 Å². The van der Waals surface area contributed by atoms with E-state index in [9.17, 15) is 9.59 Å². The molecule has 0 radical (unpaired) electrons. The van der Waals surface area contributed by atoms with Gasteiger partial charge in [0.25, 0.3) is 0 Å². The first-order chi connectivity index (χ1) is 4.78. The molecule has 0 heterocycles. The quantitative estimate of drug-likeness (QED) is 0.429. The molecule has 10 heavy (non-hydrogen) atoms. The number of carbonyl (C=O) groups is 2. The summed E-state index contributed by atoms with van der Waals surface area (Å²) in [5, 5.41) is 0. The molecule has 0 spiro atoms. The maximum absolute atomic E-state index is 11.3. The highest BCUT2D eigenvalue weighted by Crippen LogP contribution is 2.50. The second-order valence-corrected chi connectivity index (χ2v) is 3.41. The standard InChI is InChI=1S/C8H10O2/c9-5-8(3-4-8)7(10)6-1-2-6/h5-6H,1-4H2. The van der Waals surface area contributed by atoms with E-state index < -0.39 is 5.41 Å². The number of rotatable bonds is 3. The van der Waals surface area contributed by atoms with Crippen molar-refractivity contribution in [2.75, 3.05) is 0 Å². The van der Waals surface area contributed by atoms with Crippen LogP contribution in [-0.2, 0) is 9.59 Å². The molecule has 2 saturated carbocycles. The Balaban J connectivity index is 2.09. The second kappa shape index (κ2) is 1.68. The SMILES string of the molecule is O=CC1(C(=O)C2CC2)CC1. The van der Waals surface area contributed by atoms with E-state index in [1.165, 1.54) is 0 Å². The number of hydrogen-bond donors (Lipinski definition) is 0. The number of Topliss-reactive ketones (excluding diaryl/α,β-unsaturated/α-hetero) is 1. The molecule has 2 heteroatoms. The minimum atomic E-state index is -0.485. The van der Waals surface area contributed by atoms with Gasteiger partial charge in [-0.15, -0.1) is 0 Å². The maximum Gasteiger partial charge on any atom is 0.149 e. The van der Waals surface area contributed by atoms with Crippen molar-refractivity contribution < 1.29 is 9.59 Å². The zero-order valence-electron chi connectivity index (χ0n) is 5.80. The molecule has 0 saturated heterocycles. The summed E-state index contributed by atoms with van der Waals surface area (Å²) >= 11 is 0. The summed E-state index contributed by atoms with van der Waals surface area (Å²) < 4.78 is 0. The monoisotopic (exact) mass is 138 g/mol. The minimum Gasteiger partial charge on any atom is -0.302 e. The molecule has 2 fully saturated rings. The van der Waals surface area contributed by atoms with E-state index in [0.717, 1.165) is 32.0 Å². The predicted molar refractivity (Wildman–Crippen MR) is 35.5 cm³/mol. The van der Waals surface area contributed by atoms with Gasteiger partial charge < -0.3 is 4.79 Å². The fourth-order valence-electron chi connectivity index (χ4n) is 1.31. The third-order valence-electron chi connectivity index (χ3n) is 2.45. The summed E-state index contributed by atoms with van der Waals surface area (Å²) in [4.78, 5) is 21.7. The topological polar surface area (TPSA) is 34.1 Å². The van der Waals surface area contributed by atoms with Crippen LogP contribution in [0.5, 0.6) is 0 Å². The normalized spacial score (nSPS) is 27.6. The molecule has 0 amide bonds. The van der Waals surface area contributed by atoms with Crippen molar-refractivity contribution in [2.45, 2.75) is 25.7 Å². The molecule has 0 atom stereocenters. The third kappa shape index (κ3) is 0.713. The molecule has 2 nitrogen and oxygen atoms in total. The fraction of sp³-hybridized carbons (Fsp3) is 0.750. The average molecular weight is 138 g/mol. The third-order valence-corrected chi connectivity index (χ3v) is 2.45. The highest BCUT2D eigenvalue weighted by Gasteiger charge is 2.53. The van der Waals surface area contributed by atoms with Gasteiger partial charge >= 0.3 is 0 Å². The highest BCUT2D eigenvalue weighted by molar-refractivity contribution is 6.03. The van der Waals surface area contributed by atoms with Crippen molar-refractivity contribution in [1.29, 1.82) is 0 Å². The Morgan fingerprint density at radius 2 is 2.00 bits per heavy atom. The van der Waals surface area contributed by atoms with Gasteiger partial charge in [0.2, 0.25) is 0 Å². The summed E-state index contributed by atoms with van der Waals surface area (Å²) in [6.07, 6.45) is 4.52. The molecule has 0 aromatic heterocycles. The van der Waals surface area contributed by atoms with Crippen LogP contribution in [-0.4, -0.2) is 12.1 Å². The van der Waals surface area contributed by atoms with Gasteiger partial charge in [-0.1, -0.05) is 0 Å². The summed E-state index contributed by atoms with van der Waals surface area (Å²) in [5.74, 6) is 0.482. The predicted octanol–water partition coefficient (Wildman–Crippen LogP) is 0.945. The molecule has 0 bridgehead atoms. The number of hydrogen-bond acceptors (Lipinski definition) is 2. The van der Waals surface area contributed by atoms with E-state index in [2.05, 4.69) is 0 Å². The van der Waals surface area contributed by atoms with Gasteiger partial charge in [0.1, 0.15) is 12.1 Å². The number of ketones is 1. The Bertz CT molecular complexity index is 187. The molecular weight excluding hydrogens is 128 g/mol. The lowest BCUT2D eigenvalue weighted by Gasteiger charge is -2.01. The summed E-state index contributed by atoms with van der Waals surface area (Å²) in [6.45, 7) is 0. The van der Waals surface area contributed by atoms with Crippen molar-refractivity contribution in [1.82, 2.24) is 0 Å². The van der Waals surface area contributed by atoms with E-state index in [4.69, 9.17) is 0 Å². The molecule has 54 valence electrons. The second-order valence-electron chi connectivity index (χ2n) is 3.41. The Hall–Kier alpha value is -0.660. The largest absolute Gasteiger partial charge is 0.302 e. The highest BCUT2D eigenvalue weighted by atomic mass is 16.1. The first-order valence-electron chi connectivity index (χ1n) is 3.79. The summed E-state index contributed by atoms with van der Waals surface area (Å²) in [5.41, 5.74) is -0.485. The van der Waals surface area contributed by atoms with E-state index in [0.29, 0.717) is 0 Å². The first kappa shape index (κ1) is 6.08. The van der Waals surface area contributed by atoms with E-state index in [-0.39, 0.29) is 11.7 Å². The average Bonchev–Trinajstić information content (AvgIpc) is 2.84. The van der Waals surface area contributed by atoms with Crippen molar-refractivity contribution in [3.05, 3.63) is 0 Å². The van der Waals surface area contributed by atoms with Crippen LogP contribution in [0, 0.1) is 11.3 Å². The van der Waals surface area contributed by atoms with Gasteiger partial charge in [-0.05, 0) is 25.7 Å². The van der Waals surface area contributed by atoms with Crippen LogP contribution in [0.15, 0.2) is 0 Å². The molecule has 0 aliphatic heterocycles. The lowest BCUT2D eigenvalue weighted by molar-refractivity contribution is -0.129. The number of carbonyl (C=O) groups excluding carboxylic acids is 2. The Kier molecular flexibility index (Phi) is 1.02. The summed E-state index contributed by atoms with van der Waals surface area (Å²) in [7, 11) is 0. The van der Waals surface area contributed by atoms with Crippen molar-refractivity contribution in [2.24, 2.45) is 11.3 Å². The van der Waals surface area contributed by atoms with Gasteiger partial charge in [-0.2, -0.15) is 0 Å². The van der Waals surface area contributed by atoms with Gasteiger partial charge in [0, 0.05) is 5.92 Å². The maximum atomic E-state index is 11.3. The van der Waals surface area contributed by atoms with Crippen molar-refractivity contribution in [3.63, 3.8) is 0 Å². The fourth-order valence-corrected chi connectivity index (χ4v) is 1.31. The zero-order valence-corrected chi connectivity index (χ0v) is 5.80. The zero-order chi connectivity index (χ0) is 7.19. The molecule has 2 aliphatic rings. The Morgan fingerprint density at radius 1 is 1.40 bits per heavy atom. The van der Waals surface area contributed by atoms with E-state index in [1.54, 1.807) is 0 Å². The number of aldehydes is 1. The van der Waals surface area contributed by atoms with Crippen LogP contribution in [0.3, 0.4) is 0 Å². The van der Waals surface area contributed by atoms with Crippen molar-refractivity contribution >= 4 is 12.1 Å². The van der Waals surface area contributed by atoms with E-state index in [1.807, 2.05) is 0 Å². The Labute approximate surface area is 59.6 Å². The van der Waals surface area contributed by atoms with Crippen LogP contribution in [0.25, 0.3) is 0 Å². The van der Waals surface area contributed by atoms with Crippen LogP contribution in [0.1, 0.15) is 25.7 Å². The molecule has 0 aromatic rings.